The minimum atomic E-state index is -4.40. The van der Waals surface area contributed by atoms with Crippen molar-refractivity contribution in [1.29, 1.82) is 0 Å². The molecule has 0 aliphatic rings. The highest BCUT2D eigenvalue weighted by molar-refractivity contribution is 7.47. The second-order valence-electron chi connectivity index (χ2n) is 20.9. The number of allylic oxidation sites excluding steroid dienone is 24. The molecular weight excluding hydrogens is 1030 g/mol. The molecule has 0 aromatic carbocycles. The van der Waals surface area contributed by atoms with E-state index < -0.39 is 26.5 Å². The van der Waals surface area contributed by atoms with E-state index in [4.69, 9.17) is 24.3 Å². The Bertz CT molecular complexity index is 1830. The number of nitrogens with two attached hydrogens (primary N) is 1. The van der Waals surface area contributed by atoms with Crippen LogP contribution in [0.1, 0.15) is 258 Å². The third-order valence-electron chi connectivity index (χ3n) is 13.2. The fourth-order valence-electron chi connectivity index (χ4n) is 8.53. The summed E-state index contributed by atoms with van der Waals surface area (Å²) in [4.78, 5) is 35.3. The highest BCUT2D eigenvalue weighted by atomic mass is 31.2. The van der Waals surface area contributed by atoms with Crippen LogP contribution < -0.4 is 5.73 Å². The Morgan fingerprint density at radius 1 is 0.370 bits per heavy atom. The van der Waals surface area contributed by atoms with Crippen molar-refractivity contribution in [2.24, 2.45) is 5.73 Å². The normalized spacial score (nSPS) is 14.0. The average molecular weight is 1140 g/mol. The molecule has 0 saturated heterocycles. The number of ether oxygens (including phenoxy) is 2. The Balaban J connectivity index is 3.98. The van der Waals surface area contributed by atoms with Gasteiger partial charge in [0.2, 0.25) is 0 Å². The Hall–Kier alpha value is -4.11. The van der Waals surface area contributed by atoms with Gasteiger partial charge in [-0.2, -0.15) is 0 Å². The number of phosphoric acid groups is 1. The van der Waals surface area contributed by atoms with Crippen molar-refractivity contribution in [1.82, 2.24) is 0 Å². The van der Waals surface area contributed by atoms with E-state index in [0.717, 1.165) is 135 Å². The van der Waals surface area contributed by atoms with Gasteiger partial charge in [0.05, 0.1) is 13.2 Å². The Morgan fingerprint density at radius 2 is 0.642 bits per heavy atom. The molecular formula is C71H118NO8P. The zero-order chi connectivity index (χ0) is 58.7. The van der Waals surface area contributed by atoms with E-state index in [9.17, 15) is 19.0 Å². The number of rotatable bonds is 59. The fraction of sp³-hybridized carbons (Fsp3) is 0.634. The summed E-state index contributed by atoms with van der Waals surface area (Å²) in [5.74, 6) is -0.839. The maximum absolute atomic E-state index is 12.8. The number of hydrogen-bond donors (Lipinski definition) is 2. The van der Waals surface area contributed by atoms with E-state index in [2.05, 4.69) is 160 Å². The van der Waals surface area contributed by atoms with Crippen LogP contribution in [0, 0.1) is 0 Å². The second-order valence-corrected chi connectivity index (χ2v) is 22.3. The smallest absolute Gasteiger partial charge is 0.462 e. The summed E-state index contributed by atoms with van der Waals surface area (Å²) in [5.41, 5.74) is 5.39. The molecule has 0 aliphatic heterocycles. The summed E-state index contributed by atoms with van der Waals surface area (Å²) in [6.07, 6.45) is 93.4. The first-order chi connectivity index (χ1) is 39.8. The van der Waals surface area contributed by atoms with Gasteiger partial charge in [-0.15, -0.1) is 0 Å². The third kappa shape index (κ3) is 64.9. The molecule has 460 valence electrons. The van der Waals surface area contributed by atoms with Gasteiger partial charge in [0.25, 0.3) is 0 Å². The van der Waals surface area contributed by atoms with Gasteiger partial charge in [-0.05, 0) is 116 Å². The molecule has 0 amide bonds. The van der Waals surface area contributed by atoms with Gasteiger partial charge in [0.1, 0.15) is 6.61 Å². The first-order valence-electron chi connectivity index (χ1n) is 32.3. The second kappa shape index (κ2) is 65.0. The fourth-order valence-corrected chi connectivity index (χ4v) is 9.29. The molecule has 0 radical (unpaired) electrons. The number of hydrogen-bond acceptors (Lipinski definition) is 8. The molecule has 0 bridgehead atoms. The molecule has 2 unspecified atom stereocenters. The van der Waals surface area contributed by atoms with Gasteiger partial charge in [-0.25, -0.2) is 4.57 Å². The van der Waals surface area contributed by atoms with Gasteiger partial charge in [0, 0.05) is 19.4 Å². The molecule has 10 heteroatoms. The van der Waals surface area contributed by atoms with Crippen molar-refractivity contribution in [3.8, 4) is 0 Å². The summed E-state index contributed by atoms with van der Waals surface area (Å²) in [7, 11) is -4.40. The van der Waals surface area contributed by atoms with Gasteiger partial charge in [0.15, 0.2) is 6.10 Å². The number of esters is 2. The van der Waals surface area contributed by atoms with E-state index >= 15 is 0 Å². The van der Waals surface area contributed by atoms with Crippen LogP contribution in [0.4, 0.5) is 0 Å². The van der Waals surface area contributed by atoms with E-state index in [0.29, 0.717) is 6.42 Å². The van der Waals surface area contributed by atoms with Crippen molar-refractivity contribution in [2.45, 2.75) is 264 Å². The van der Waals surface area contributed by atoms with Crippen molar-refractivity contribution < 1.29 is 37.6 Å². The molecule has 0 saturated carbocycles. The largest absolute Gasteiger partial charge is 0.472 e. The molecule has 2 atom stereocenters. The van der Waals surface area contributed by atoms with E-state index in [1.165, 1.54) is 89.9 Å². The number of phosphoric ester groups is 1. The van der Waals surface area contributed by atoms with E-state index in [-0.39, 0.29) is 38.6 Å². The maximum atomic E-state index is 12.8. The maximum Gasteiger partial charge on any atom is 0.472 e. The van der Waals surface area contributed by atoms with Gasteiger partial charge in [-0.1, -0.05) is 275 Å². The number of carbonyl (C=O) groups is 2. The minimum Gasteiger partial charge on any atom is -0.462 e. The molecule has 0 aromatic heterocycles. The lowest BCUT2D eigenvalue weighted by molar-refractivity contribution is -0.161. The van der Waals surface area contributed by atoms with Crippen molar-refractivity contribution in [3.05, 3.63) is 146 Å². The van der Waals surface area contributed by atoms with Crippen LogP contribution in [0.2, 0.25) is 0 Å². The third-order valence-corrected chi connectivity index (χ3v) is 14.2. The highest BCUT2D eigenvalue weighted by Gasteiger charge is 2.26. The summed E-state index contributed by atoms with van der Waals surface area (Å²) in [6.45, 7) is 3.51. The summed E-state index contributed by atoms with van der Waals surface area (Å²) >= 11 is 0. The lowest BCUT2D eigenvalue weighted by Crippen LogP contribution is -2.29. The van der Waals surface area contributed by atoms with E-state index in [1.54, 1.807) is 0 Å². The molecule has 0 aromatic rings. The summed E-state index contributed by atoms with van der Waals surface area (Å²) < 4.78 is 33.1. The van der Waals surface area contributed by atoms with Crippen LogP contribution in [-0.4, -0.2) is 49.3 Å². The molecule has 0 aliphatic carbocycles. The van der Waals surface area contributed by atoms with Gasteiger partial charge in [-0.3, -0.25) is 18.6 Å². The van der Waals surface area contributed by atoms with Crippen LogP contribution in [0.3, 0.4) is 0 Å². The first-order valence-corrected chi connectivity index (χ1v) is 33.8. The molecule has 81 heavy (non-hydrogen) atoms. The Kier molecular flexibility index (Phi) is 61.7. The summed E-state index contributed by atoms with van der Waals surface area (Å²) in [5, 5.41) is 0. The SMILES string of the molecule is CC/C=C\C/C=C\C/C=C\C/C=C\C/C=C\C/C=C\C/C=C\CCCCCCCCCCCCCC(=O)OC(COC(=O)CCCCCCCCCCCCC/C=C\C/C=C\C/C=C\C/C=C\C/C=C\CC)COP(=O)(O)OCCN. The lowest BCUT2D eigenvalue weighted by Gasteiger charge is -2.19. The van der Waals surface area contributed by atoms with Gasteiger partial charge < -0.3 is 20.1 Å². The van der Waals surface area contributed by atoms with Crippen LogP contribution in [0.5, 0.6) is 0 Å². The number of unbranched alkanes of at least 4 members (excludes halogenated alkanes) is 22. The van der Waals surface area contributed by atoms with Crippen molar-refractivity contribution in [2.75, 3.05) is 26.4 Å². The molecule has 0 spiro atoms. The monoisotopic (exact) mass is 1140 g/mol. The van der Waals surface area contributed by atoms with Gasteiger partial charge >= 0.3 is 19.8 Å². The van der Waals surface area contributed by atoms with Crippen molar-refractivity contribution >= 4 is 19.8 Å². The van der Waals surface area contributed by atoms with E-state index in [1.807, 2.05) is 0 Å². The highest BCUT2D eigenvalue weighted by Crippen LogP contribution is 2.43. The standard InChI is InChI=1S/C71H118NO8P/c1-3-5-7-9-11-13-15-17-19-21-23-25-27-29-31-32-33-34-35-36-38-40-42-44-46-48-50-52-54-56-58-60-62-64-71(74)80-69(68-79-81(75,76)78-66-65-72)67-77-70(73)63-61-59-57-55-53-51-49-47-45-43-41-39-37-30-28-26-24-22-20-18-16-14-12-10-8-6-4-2/h5-8,11-14,17-20,23-26,29-31,33-34,36-38,69H,3-4,9-10,15-16,21-22,27-28,32,35,39-68,72H2,1-2H3,(H,75,76)/b7-5-,8-6-,13-11-,14-12-,19-17-,20-18-,25-23-,26-24-,31-29-,34-33-,37-30-,38-36-. The Labute approximate surface area is 496 Å². The van der Waals surface area contributed by atoms with Crippen LogP contribution in [-0.2, 0) is 32.7 Å². The molecule has 0 fully saturated rings. The zero-order valence-corrected chi connectivity index (χ0v) is 52.4. The molecule has 0 rings (SSSR count). The first kappa shape index (κ1) is 76.9. The predicted molar refractivity (Wildman–Crippen MR) is 348 cm³/mol. The average Bonchev–Trinajstić information content (AvgIpc) is 3.46. The van der Waals surface area contributed by atoms with Crippen LogP contribution in [0.15, 0.2) is 146 Å². The number of carbonyl (C=O) groups excluding carboxylic acids is 2. The zero-order valence-electron chi connectivity index (χ0n) is 51.5. The summed E-state index contributed by atoms with van der Waals surface area (Å²) in [6, 6.07) is 0. The topological polar surface area (TPSA) is 134 Å². The van der Waals surface area contributed by atoms with Crippen molar-refractivity contribution in [3.63, 3.8) is 0 Å². The van der Waals surface area contributed by atoms with Crippen LogP contribution >= 0.6 is 7.82 Å². The predicted octanol–water partition coefficient (Wildman–Crippen LogP) is 21.1. The Morgan fingerprint density at radius 3 is 0.951 bits per heavy atom. The quantitative estimate of drug-likeness (QED) is 0.0264. The molecule has 0 heterocycles. The molecule has 9 nitrogen and oxygen atoms in total. The molecule has 3 N–H and O–H groups in total. The lowest BCUT2D eigenvalue weighted by atomic mass is 10.0. The minimum absolute atomic E-state index is 0.0458. The van der Waals surface area contributed by atoms with Crippen LogP contribution in [0.25, 0.3) is 0 Å².